The third kappa shape index (κ3) is 19.2. The van der Waals surface area contributed by atoms with Crippen LogP contribution in [0.25, 0.3) is 0 Å². The van der Waals surface area contributed by atoms with Crippen molar-refractivity contribution in [3.8, 4) is 0 Å². The molecule has 25 nitrogen and oxygen atoms in total. The molecule has 4 aromatic rings. The number of carbonyl (C=O) groups is 8. The van der Waals surface area contributed by atoms with Gasteiger partial charge >= 0.3 is 0 Å². The van der Waals surface area contributed by atoms with E-state index in [9.17, 15) is 43.5 Å². The first kappa shape index (κ1) is 69.2. The molecular formula is C66H93N13O12. The van der Waals surface area contributed by atoms with Crippen LogP contribution in [0.3, 0.4) is 0 Å². The SMILES string of the molecule is CN[C@@H](C)C(=O)N[C@@H]1C(=O)N2[C@@H](CC[C@@H]1CNC(=O)CCc1cn(CCCOCCOCCOCCCNC(=O)[C@@H](NC(=O)[C@@H]3CC[C@@H]4CC[C@H](CO)[C@H](NC(=O)[C@H](C)NC)C(=O)N43)c3ccccc3)nn1)CC[C@H]2C(=O)NC(c1ccccc1)c1ccccc1. The molecule has 8 amide bonds. The third-order valence-electron chi connectivity index (χ3n) is 18.0. The molecule has 0 radical (unpaired) electrons. The van der Waals surface area contributed by atoms with E-state index in [1.807, 2.05) is 66.7 Å². The van der Waals surface area contributed by atoms with Gasteiger partial charge in [0.1, 0.15) is 30.2 Å². The number of nitrogens with one attached hydrogen (secondary N) is 8. The van der Waals surface area contributed by atoms with Crippen molar-refractivity contribution < 1.29 is 57.7 Å². The number of amides is 8. The molecule has 494 valence electrons. The van der Waals surface area contributed by atoms with E-state index in [-0.39, 0.29) is 67.7 Å². The summed E-state index contributed by atoms with van der Waals surface area (Å²) in [4.78, 5) is 114. The van der Waals surface area contributed by atoms with E-state index < -0.39 is 77.9 Å². The van der Waals surface area contributed by atoms with E-state index in [2.05, 4.69) is 52.8 Å². The van der Waals surface area contributed by atoms with Gasteiger partial charge < -0.3 is 71.7 Å². The fraction of sp³-hybridized carbons (Fsp3) is 0.576. The van der Waals surface area contributed by atoms with E-state index in [1.165, 1.54) is 0 Å². The fourth-order valence-corrected chi connectivity index (χ4v) is 12.5. The summed E-state index contributed by atoms with van der Waals surface area (Å²) in [6.07, 6.45) is 7.87. The van der Waals surface area contributed by atoms with Gasteiger partial charge in [-0.2, -0.15) is 0 Å². The predicted octanol–water partition coefficient (Wildman–Crippen LogP) is 1.75. The summed E-state index contributed by atoms with van der Waals surface area (Å²) < 4.78 is 18.9. The molecule has 11 atom stereocenters. The van der Waals surface area contributed by atoms with Crippen molar-refractivity contribution in [2.75, 3.05) is 73.4 Å². The molecule has 0 aliphatic carbocycles. The zero-order valence-electron chi connectivity index (χ0n) is 52.9. The van der Waals surface area contributed by atoms with Crippen LogP contribution in [0.5, 0.6) is 0 Å². The first-order valence-corrected chi connectivity index (χ1v) is 32.3. The predicted molar refractivity (Wildman–Crippen MR) is 337 cm³/mol. The van der Waals surface area contributed by atoms with Crippen LogP contribution in [0.4, 0.5) is 0 Å². The van der Waals surface area contributed by atoms with Gasteiger partial charge in [0.05, 0.1) is 50.2 Å². The molecule has 8 rings (SSSR count). The van der Waals surface area contributed by atoms with Gasteiger partial charge in [0, 0.05) is 82.4 Å². The average Bonchev–Trinajstić information content (AvgIpc) is 1.67. The minimum absolute atomic E-state index is 0.143. The Balaban J connectivity index is 0.690. The number of rotatable bonds is 34. The van der Waals surface area contributed by atoms with Crippen molar-refractivity contribution in [2.24, 2.45) is 11.8 Å². The topological polar surface area (TPSA) is 318 Å². The maximum absolute atomic E-state index is 14.7. The lowest BCUT2D eigenvalue weighted by Gasteiger charge is -2.33. The largest absolute Gasteiger partial charge is 0.396 e. The molecule has 0 bridgehead atoms. The summed E-state index contributed by atoms with van der Waals surface area (Å²) in [6, 6.07) is 21.8. The molecule has 25 heteroatoms. The number of hydrogen-bond donors (Lipinski definition) is 9. The second kappa shape index (κ2) is 35.2. The number of aromatic nitrogens is 3. The molecule has 4 aliphatic heterocycles. The third-order valence-corrected chi connectivity index (χ3v) is 18.0. The minimum Gasteiger partial charge on any atom is -0.396 e. The summed E-state index contributed by atoms with van der Waals surface area (Å²) in [6.45, 7) is 6.39. The number of likely N-dealkylation sites (N-methyl/N-ethyl adjacent to an activating group) is 2. The van der Waals surface area contributed by atoms with Crippen LogP contribution in [0.1, 0.15) is 119 Å². The molecule has 91 heavy (non-hydrogen) atoms. The van der Waals surface area contributed by atoms with Gasteiger partial charge in [-0.25, -0.2) is 0 Å². The minimum atomic E-state index is -1.02. The summed E-state index contributed by atoms with van der Waals surface area (Å²) >= 11 is 0. The van der Waals surface area contributed by atoms with Gasteiger partial charge in [-0.15, -0.1) is 5.10 Å². The lowest BCUT2D eigenvalue weighted by Crippen LogP contribution is -2.59. The smallest absolute Gasteiger partial charge is 0.247 e. The number of fused-ring (bicyclic) bond motifs is 2. The highest BCUT2D eigenvalue weighted by Crippen LogP contribution is 2.37. The second-order valence-electron chi connectivity index (χ2n) is 24.1. The van der Waals surface area contributed by atoms with E-state index >= 15 is 0 Å². The number of ether oxygens (including phenoxy) is 3. The van der Waals surface area contributed by atoms with Gasteiger partial charge in [-0.3, -0.25) is 43.0 Å². The lowest BCUT2D eigenvalue weighted by molar-refractivity contribution is -0.144. The van der Waals surface area contributed by atoms with Crippen LogP contribution in [0.2, 0.25) is 0 Å². The number of aryl methyl sites for hydroxylation is 2. The number of aliphatic hydroxyl groups excluding tert-OH is 1. The molecule has 5 heterocycles. The zero-order valence-corrected chi connectivity index (χ0v) is 52.9. The van der Waals surface area contributed by atoms with Crippen molar-refractivity contribution in [3.05, 3.63) is 120 Å². The molecule has 3 aromatic carbocycles. The zero-order chi connectivity index (χ0) is 64.7. The molecule has 9 N–H and O–H groups in total. The molecule has 1 aromatic heterocycles. The second-order valence-corrected chi connectivity index (χ2v) is 24.1. The summed E-state index contributed by atoms with van der Waals surface area (Å²) in [5.74, 6) is -3.72. The Morgan fingerprint density at radius 3 is 1.60 bits per heavy atom. The van der Waals surface area contributed by atoms with Gasteiger partial charge in [-0.05, 0) is 109 Å². The Bertz CT molecular complexity index is 2960. The summed E-state index contributed by atoms with van der Waals surface area (Å²) in [5.41, 5.74) is 3.07. The van der Waals surface area contributed by atoms with Crippen LogP contribution in [-0.2, 0) is 65.5 Å². The van der Waals surface area contributed by atoms with Gasteiger partial charge in [0.2, 0.25) is 47.3 Å². The highest BCUT2D eigenvalue weighted by molar-refractivity contribution is 5.97. The van der Waals surface area contributed by atoms with Crippen molar-refractivity contribution in [2.45, 2.75) is 158 Å². The Morgan fingerprint density at radius 2 is 1.07 bits per heavy atom. The first-order chi connectivity index (χ1) is 44.2. The van der Waals surface area contributed by atoms with E-state index in [0.29, 0.717) is 128 Å². The number of hydrogen-bond acceptors (Lipinski definition) is 16. The van der Waals surface area contributed by atoms with E-state index in [0.717, 1.165) is 11.1 Å². The maximum Gasteiger partial charge on any atom is 0.247 e. The molecule has 0 unspecified atom stereocenters. The Hall–Kier alpha value is -7.68. The fourth-order valence-electron chi connectivity index (χ4n) is 12.5. The van der Waals surface area contributed by atoms with E-state index in [1.54, 1.807) is 72.9 Å². The Morgan fingerprint density at radius 1 is 0.582 bits per heavy atom. The number of carbonyl (C=O) groups excluding carboxylic acids is 8. The number of benzene rings is 3. The normalized spacial score (nSPS) is 22.4. The van der Waals surface area contributed by atoms with Crippen molar-refractivity contribution in [1.82, 2.24) is 67.3 Å². The molecule has 4 saturated heterocycles. The quantitative estimate of drug-likeness (QED) is 0.0301. The van der Waals surface area contributed by atoms with Crippen molar-refractivity contribution in [3.63, 3.8) is 0 Å². The van der Waals surface area contributed by atoms with Crippen molar-refractivity contribution in [1.29, 1.82) is 0 Å². The molecule has 0 saturated carbocycles. The van der Waals surface area contributed by atoms with Gasteiger partial charge in [-0.1, -0.05) is 96.2 Å². The highest BCUT2D eigenvalue weighted by Gasteiger charge is 2.50. The van der Waals surface area contributed by atoms with Crippen molar-refractivity contribution >= 4 is 47.3 Å². The standard InChI is InChI=1S/C66H93N13O12/c1-43(67-3)60(82)73-58-48(22-25-51-27-29-53(78(51)65(58)87)62(84)71-56(45-16-8-5-9-17-45)46-18-10-6-11-19-46)40-70-55(81)31-24-50-41-77(76-75-50)33-15-35-90-37-39-91-38-36-89-34-14-32-69-64(86)57(47-20-12-7-13-21-47)72-63(85)54-30-28-52-26-23-49(42-80)59(66(88)79(52)54)74-61(83)44(2)68-4/h5-13,16-21,41,43-44,48-49,51-54,56-59,67-68,80H,14-15,22-40,42H2,1-4H3,(H,69,86)(H,70,81)(H,71,84)(H,72,85)(H,73,82)(H,74,83)/t43-,44-,48+,49+,51-,52-,53-,54-,57-,58-,59-/m0/s1. The Labute approximate surface area is 533 Å². The molecular weight excluding hydrogens is 1170 g/mol. The highest BCUT2D eigenvalue weighted by atomic mass is 16.5. The molecule has 4 aliphatic rings. The summed E-state index contributed by atoms with van der Waals surface area (Å²) in [7, 11) is 3.31. The monoisotopic (exact) mass is 1260 g/mol. The van der Waals surface area contributed by atoms with Crippen LogP contribution in [0, 0.1) is 11.8 Å². The summed E-state index contributed by atoms with van der Waals surface area (Å²) in [5, 5.41) is 42.4. The molecule has 0 spiro atoms. The van der Waals surface area contributed by atoms with Crippen LogP contribution < -0.4 is 42.5 Å². The Kier molecular flexibility index (Phi) is 26.8. The first-order valence-electron chi connectivity index (χ1n) is 32.3. The van der Waals surface area contributed by atoms with Crippen LogP contribution >= 0.6 is 0 Å². The van der Waals surface area contributed by atoms with Gasteiger partial charge in [0.15, 0.2) is 0 Å². The lowest BCUT2D eigenvalue weighted by atomic mass is 9.92. The van der Waals surface area contributed by atoms with Crippen LogP contribution in [-0.4, -0.2) is 199 Å². The average molecular weight is 1260 g/mol. The number of nitrogens with zero attached hydrogens (tertiary/aromatic N) is 5. The van der Waals surface area contributed by atoms with E-state index in [4.69, 9.17) is 14.2 Å². The molecule has 4 fully saturated rings. The van der Waals surface area contributed by atoms with Gasteiger partial charge in [0.25, 0.3) is 0 Å². The van der Waals surface area contributed by atoms with Crippen LogP contribution in [0.15, 0.2) is 97.2 Å². The maximum atomic E-state index is 14.7. The number of aliphatic hydroxyl groups is 1.